The Labute approximate surface area is 120 Å². The molecule has 0 bridgehead atoms. The van der Waals surface area contributed by atoms with Crippen molar-refractivity contribution in [1.82, 2.24) is 0 Å². The highest BCUT2D eigenvalue weighted by Crippen LogP contribution is 2.41. The molecule has 0 aromatic carbocycles. The lowest BCUT2D eigenvalue weighted by Crippen LogP contribution is -2.40. The number of esters is 1. The van der Waals surface area contributed by atoms with Crippen molar-refractivity contribution in [2.24, 2.45) is 11.3 Å². The van der Waals surface area contributed by atoms with E-state index in [9.17, 15) is 14.4 Å². The molecule has 1 unspecified atom stereocenters. The van der Waals surface area contributed by atoms with Gasteiger partial charge in [-0.3, -0.25) is 14.4 Å². The van der Waals surface area contributed by atoms with Gasteiger partial charge in [0.25, 0.3) is 0 Å². The molecule has 0 aromatic rings. The van der Waals surface area contributed by atoms with Gasteiger partial charge in [-0.15, -0.1) is 0 Å². The van der Waals surface area contributed by atoms with Crippen molar-refractivity contribution in [3.05, 3.63) is 0 Å². The Morgan fingerprint density at radius 3 is 2.45 bits per heavy atom. The smallest absolute Gasteiger partial charge is 0.320 e. The first-order chi connectivity index (χ1) is 9.60. The van der Waals surface area contributed by atoms with E-state index in [2.05, 4.69) is 0 Å². The van der Waals surface area contributed by atoms with E-state index in [0.29, 0.717) is 19.3 Å². The monoisotopic (exact) mass is 280 g/mol. The maximum absolute atomic E-state index is 12.5. The lowest BCUT2D eigenvalue weighted by molar-refractivity contribution is -0.161. The van der Waals surface area contributed by atoms with Crippen molar-refractivity contribution in [1.29, 1.82) is 0 Å². The topological polar surface area (TPSA) is 60.4 Å². The van der Waals surface area contributed by atoms with Crippen molar-refractivity contribution in [2.75, 3.05) is 6.61 Å². The second kappa shape index (κ2) is 6.51. The molecule has 2 rings (SSSR count). The molecule has 0 spiro atoms. The minimum absolute atomic E-state index is 0.0449. The Kier molecular flexibility index (Phi) is 4.95. The van der Waals surface area contributed by atoms with E-state index >= 15 is 0 Å². The van der Waals surface area contributed by atoms with Crippen LogP contribution in [0.25, 0.3) is 0 Å². The number of hydrogen-bond acceptors (Lipinski definition) is 4. The molecule has 0 saturated heterocycles. The average molecular weight is 280 g/mol. The third-order valence-electron chi connectivity index (χ3n) is 4.74. The highest BCUT2D eigenvalue weighted by molar-refractivity contribution is 6.08. The van der Waals surface area contributed by atoms with Crippen molar-refractivity contribution < 1.29 is 19.1 Å². The summed E-state index contributed by atoms with van der Waals surface area (Å²) in [5.74, 6) is -0.441. The summed E-state index contributed by atoms with van der Waals surface area (Å²) >= 11 is 0. The van der Waals surface area contributed by atoms with Gasteiger partial charge in [0.05, 0.1) is 6.61 Å². The molecule has 0 N–H and O–H groups in total. The Morgan fingerprint density at radius 1 is 1.20 bits per heavy atom. The zero-order valence-corrected chi connectivity index (χ0v) is 12.3. The van der Waals surface area contributed by atoms with E-state index in [4.69, 9.17) is 4.74 Å². The molecule has 0 aromatic heterocycles. The first kappa shape index (κ1) is 15.2. The fraction of sp³-hybridized carbons (Fsp3) is 0.812. The summed E-state index contributed by atoms with van der Waals surface area (Å²) in [7, 11) is 0. The van der Waals surface area contributed by atoms with E-state index in [1.54, 1.807) is 6.92 Å². The van der Waals surface area contributed by atoms with Gasteiger partial charge < -0.3 is 4.74 Å². The molecular weight excluding hydrogens is 256 g/mol. The summed E-state index contributed by atoms with van der Waals surface area (Å²) in [5, 5.41) is 0. The molecule has 2 fully saturated rings. The molecule has 2 aliphatic rings. The average Bonchev–Trinajstić information content (AvgIpc) is 2.82. The second-order valence-electron chi connectivity index (χ2n) is 6.06. The van der Waals surface area contributed by atoms with Crippen LogP contribution in [-0.4, -0.2) is 24.1 Å². The normalized spacial score (nSPS) is 27.6. The van der Waals surface area contributed by atoms with Crippen LogP contribution in [-0.2, 0) is 19.1 Å². The summed E-state index contributed by atoms with van der Waals surface area (Å²) < 4.78 is 5.08. The van der Waals surface area contributed by atoms with Crippen LogP contribution in [0.3, 0.4) is 0 Å². The Hall–Kier alpha value is -1.19. The number of Topliss-reactive ketones (excluding diaryl/α,β-unsaturated/α-hetero) is 2. The summed E-state index contributed by atoms with van der Waals surface area (Å²) in [6.45, 7) is 1.99. The van der Waals surface area contributed by atoms with Gasteiger partial charge in [0, 0.05) is 18.8 Å². The zero-order chi connectivity index (χ0) is 14.6. The maximum Gasteiger partial charge on any atom is 0.320 e. The van der Waals surface area contributed by atoms with Crippen LogP contribution >= 0.6 is 0 Å². The van der Waals surface area contributed by atoms with Gasteiger partial charge in [0.15, 0.2) is 5.78 Å². The fourth-order valence-corrected chi connectivity index (χ4v) is 3.54. The number of ether oxygens (including phenoxy) is 1. The fourth-order valence-electron chi connectivity index (χ4n) is 3.54. The standard InChI is InChI=1S/C16H24O4/c1-2-20-15(19)16(10-6-9-14(16)18)11-13(17)12-7-4-3-5-8-12/h12H,2-11H2,1H3. The number of carbonyl (C=O) groups excluding carboxylic acids is 3. The summed E-state index contributed by atoms with van der Waals surface area (Å²) in [6.07, 6.45) is 6.79. The van der Waals surface area contributed by atoms with E-state index < -0.39 is 11.4 Å². The summed E-state index contributed by atoms with van der Waals surface area (Å²) in [4.78, 5) is 36.8. The van der Waals surface area contributed by atoms with Gasteiger partial charge in [-0.05, 0) is 32.6 Å². The predicted octanol–water partition coefficient (Wildman–Crippen LogP) is 2.83. The lowest BCUT2D eigenvalue weighted by atomic mass is 9.75. The van der Waals surface area contributed by atoms with Gasteiger partial charge in [0.1, 0.15) is 11.2 Å². The van der Waals surface area contributed by atoms with E-state index in [0.717, 1.165) is 25.7 Å². The SMILES string of the molecule is CCOC(=O)C1(CC(=O)C2CCCCC2)CCCC1=O. The van der Waals surface area contributed by atoms with Gasteiger partial charge in [0.2, 0.25) is 0 Å². The van der Waals surface area contributed by atoms with Gasteiger partial charge in [-0.1, -0.05) is 19.3 Å². The van der Waals surface area contributed by atoms with Crippen LogP contribution in [0.15, 0.2) is 0 Å². The zero-order valence-electron chi connectivity index (χ0n) is 12.3. The Balaban J connectivity index is 2.09. The molecule has 0 aliphatic heterocycles. The largest absolute Gasteiger partial charge is 0.465 e. The van der Waals surface area contributed by atoms with E-state index in [1.165, 1.54) is 6.42 Å². The molecule has 20 heavy (non-hydrogen) atoms. The van der Waals surface area contributed by atoms with Crippen molar-refractivity contribution in [2.45, 2.75) is 64.7 Å². The van der Waals surface area contributed by atoms with Crippen molar-refractivity contribution in [3.8, 4) is 0 Å². The molecule has 4 heteroatoms. The molecule has 0 amide bonds. The number of hydrogen-bond donors (Lipinski definition) is 0. The first-order valence-electron chi connectivity index (χ1n) is 7.83. The minimum Gasteiger partial charge on any atom is -0.465 e. The van der Waals surface area contributed by atoms with Crippen LogP contribution in [0, 0.1) is 11.3 Å². The molecule has 1 atom stereocenters. The quantitative estimate of drug-likeness (QED) is 0.574. The Morgan fingerprint density at radius 2 is 1.90 bits per heavy atom. The molecule has 2 saturated carbocycles. The minimum atomic E-state index is -1.16. The molecule has 112 valence electrons. The van der Waals surface area contributed by atoms with Gasteiger partial charge in [-0.25, -0.2) is 0 Å². The Bertz CT molecular complexity index is 395. The van der Waals surface area contributed by atoms with Crippen molar-refractivity contribution >= 4 is 17.5 Å². The predicted molar refractivity (Wildman–Crippen MR) is 74.1 cm³/mol. The van der Waals surface area contributed by atoms with E-state index in [1.807, 2.05) is 0 Å². The lowest BCUT2D eigenvalue weighted by Gasteiger charge is -2.27. The third kappa shape index (κ3) is 2.94. The van der Waals surface area contributed by atoms with Crippen LogP contribution in [0.2, 0.25) is 0 Å². The maximum atomic E-state index is 12.5. The molecule has 0 radical (unpaired) electrons. The van der Waals surface area contributed by atoms with Crippen LogP contribution in [0.1, 0.15) is 64.7 Å². The number of rotatable bonds is 5. The second-order valence-corrected chi connectivity index (χ2v) is 6.06. The van der Waals surface area contributed by atoms with Crippen LogP contribution < -0.4 is 0 Å². The molecule has 0 heterocycles. The summed E-state index contributed by atoms with van der Waals surface area (Å²) in [5.41, 5.74) is -1.16. The first-order valence-corrected chi connectivity index (χ1v) is 7.83. The number of ketones is 2. The number of carbonyl (C=O) groups is 3. The van der Waals surface area contributed by atoms with E-state index in [-0.39, 0.29) is 30.5 Å². The highest BCUT2D eigenvalue weighted by Gasteiger charge is 2.51. The third-order valence-corrected chi connectivity index (χ3v) is 4.74. The van der Waals surface area contributed by atoms with Gasteiger partial charge >= 0.3 is 5.97 Å². The van der Waals surface area contributed by atoms with Crippen LogP contribution in [0.5, 0.6) is 0 Å². The molecule has 4 nitrogen and oxygen atoms in total. The van der Waals surface area contributed by atoms with Gasteiger partial charge in [-0.2, -0.15) is 0 Å². The molecule has 2 aliphatic carbocycles. The summed E-state index contributed by atoms with van der Waals surface area (Å²) in [6, 6.07) is 0. The van der Waals surface area contributed by atoms with Crippen LogP contribution in [0.4, 0.5) is 0 Å². The van der Waals surface area contributed by atoms with Crippen molar-refractivity contribution in [3.63, 3.8) is 0 Å². The highest BCUT2D eigenvalue weighted by atomic mass is 16.5. The molecular formula is C16H24O4.